The van der Waals surface area contributed by atoms with Crippen molar-refractivity contribution in [2.24, 2.45) is 0 Å². The highest BCUT2D eigenvalue weighted by molar-refractivity contribution is 6.29. The zero-order valence-corrected chi connectivity index (χ0v) is 26.4. The second-order valence-corrected chi connectivity index (χ2v) is 12.1. The lowest BCUT2D eigenvalue weighted by Gasteiger charge is -2.29. The van der Waals surface area contributed by atoms with E-state index in [0.29, 0.717) is 22.3 Å². The van der Waals surface area contributed by atoms with Crippen LogP contribution in [0.15, 0.2) is 133 Å². The molecule has 0 N–H and O–H groups in total. The Morgan fingerprint density at radius 2 is 0.543 bits per heavy atom. The van der Waals surface area contributed by atoms with Gasteiger partial charge in [-0.25, -0.2) is 0 Å². The number of rotatable bonds is 6. The third kappa shape index (κ3) is 5.28. The van der Waals surface area contributed by atoms with E-state index in [4.69, 9.17) is 0 Å². The maximum atomic E-state index is 14.1. The molecular weight excluding hydrogens is 564 g/mol. The molecule has 0 radical (unpaired) electrons. The van der Waals surface area contributed by atoms with Gasteiger partial charge in [0, 0.05) is 56.4 Å². The quantitative estimate of drug-likeness (QED) is 0.191. The standard InChI is InChI=1S/C42H34N2O2/c1-27-5-13-31(14-6-27)43(32-15-7-28(2)8-16-32)35-21-23-37-39(25-35)41(45)38-24-22-36(26-40(38)42(37)46)44(33-17-9-29(3)10-18-33)34-19-11-30(4)12-20-34/h5-26H,1-4H3. The van der Waals surface area contributed by atoms with E-state index in [0.717, 1.165) is 56.4 Å². The number of anilines is 6. The predicted molar refractivity (Wildman–Crippen MR) is 188 cm³/mol. The van der Waals surface area contributed by atoms with E-state index in [2.05, 4.69) is 135 Å². The molecule has 0 atom stereocenters. The molecule has 1 aliphatic rings. The van der Waals surface area contributed by atoms with Crippen LogP contribution in [-0.4, -0.2) is 11.6 Å². The summed E-state index contributed by atoms with van der Waals surface area (Å²) in [6.07, 6.45) is 0. The van der Waals surface area contributed by atoms with E-state index < -0.39 is 0 Å². The van der Waals surface area contributed by atoms with Crippen molar-refractivity contribution in [1.82, 2.24) is 0 Å². The average molecular weight is 599 g/mol. The van der Waals surface area contributed by atoms with E-state index in [1.54, 1.807) is 12.1 Å². The first-order chi connectivity index (χ1) is 22.3. The van der Waals surface area contributed by atoms with E-state index in [-0.39, 0.29) is 11.6 Å². The molecule has 46 heavy (non-hydrogen) atoms. The summed E-state index contributed by atoms with van der Waals surface area (Å²) in [5.41, 5.74) is 11.9. The molecule has 224 valence electrons. The Morgan fingerprint density at radius 1 is 0.304 bits per heavy atom. The largest absolute Gasteiger partial charge is 0.310 e. The summed E-state index contributed by atoms with van der Waals surface area (Å²) in [6, 6.07) is 44.4. The highest BCUT2D eigenvalue weighted by atomic mass is 16.1. The molecule has 1 aliphatic carbocycles. The number of hydrogen-bond donors (Lipinski definition) is 0. The topological polar surface area (TPSA) is 40.6 Å². The third-order valence-corrected chi connectivity index (χ3v) is 8.67. The predicted octanol–water partition coefficient (Wildman–Crippen LogP) is 10.6. The van der Waals surface area contributed by atoms with Crippen LogP contribution in [0, 0.1) is 27.7 Å². The molecule has 0 heterocycles. The molecule has 0 bridgehead atoms. The fourth-order valence-electron chi connectivity index (χ4n) is 6.07. The highest BCUT2D eigenvalue weighted by Gasteiger charge is 2.31. The van der Waals surface area contributed by atoms with Crippen LogP contribution < -0.4 is 9.80 Å². The molecule has 0 aliphatic heterocycles. The SMILES string of the molecule is Cc1ccc(N(c2ccc(C)cc2)c2ccc3c(c2)C(=O)c2ccc(N(c4ccc(C)cc4)c4ccc(C)cc4)cc2C3=O)cc1. The van der Waals surface area contributed by atoms with Gasteiger partial charge in [0.15, 0.2) is 11.6 Å². The highest BCUT2D eigenvalue weighted by Crippen LogP contribution is 2.40. The Labute approximate surface area is 270 Å². The van der Waals surface area contributed by atoms with Crippen molar-refractivity contribution in [2.75, 3.05) is 9.80 Å². The molecule has 4 heteroatoms. The minimum Gasteiger partial charge on any atom is -0.310 e. The molecule has 6 aromatic rings. The van der Waals surface area contributed by atoms with E-state index in [9.17, 15) is 9.59 Å². The molecule has 4 nitrogen and oxygen atoms in total. The van der Waals surface area contributed by atoms with E-state index in [1.165, 1.54) is 0 Å². The summed E-state index contributed by atoms with van der Waals surface area (Å²) < 4.78 is 0. The van der Waals surface area contributed by atoms with Gasteiger partial charge < -0.3 is 9.80 Å². The van der Waals surface area contributed by atoms with Gasteiger partial charge in [-0.05, 0) is 113 Å². The molecule has 0 fully saturated rings. The first-order valence-electron chi connectivity index (χ1n) is 15.5. The van der Waals surface area contributed by atoms with Crippen LogP contribution in [0.25, 0.3) is 0 Å². The number of hydrogen-bond acceptors (Lipinski definition) is 4. The van der Waals surface area contributed by atoms with Gasteiger partial charge in [0.1, 0.15) is 0 Å². The minimum atomic E-state index is -0.150. The molecule has 7 rings (SSSR count). The third-order valence-electron chi connectivity index (χ3n) is 8.67. The van der Waals surface area contributed by atoms with Gasteiger partial charge in [-0.1, -0.05) is 70.8 Å². The second kappa shape index (κ2) is 11.6. The van der Waals surface area contributed by atoms with Crippen molar-refractivity contribution < 1.29 is 9.59 Å². The lowest BCUT2D eigenvalue weighted by molar-refractivity contribution is 0.0979. The number of nitrogens with zero attached hydrogens (tertiary/aromatic N) is 2. The van der Waals surface area contributed by atoms with Crippen molar-refractivity contribution in [3.8, 4) is 0 Å². The lowest BCUT2D eigenvalue weighted by Crippen LogP contribution is -2.22. The smallest absolute Gasteiger partial charge is 0.194 e. The Kier molecular flexibility index (Phi) is 7.34. The maximum Gasteiger partial charge on any atom is 0.194 e. The summed E-state index contributed by atoms with van der Waals surface area (Å²) in [6.45, 7) is 8.25. The number of aryl methyl sites for hydroxylation is 4. The normalized spacial score (nSPS) is 12.0. The number of benzene rings is 6. The zero-order chi connectivity index (χ0) is 31.9. The fourth-order valence-corrected chi connectivity index (χ4v) is 6.07. The van der Waals surface area contributed by atoms with Crippen molar-refractivity contribution >= 4 is 45.7 Å². The molecular formula is C42H34N2O2. The Balaban J connectivity index is 1.31. The van der Waals surface area contributed by atoms with Crippen LogP contribution in [0.1, 0.15) is 54.1 Å². The molecule has 0 aromatic heterocycles. The van der Waals surface area contributed by atoms with Gasteiger partial charge in [-0.3, -0.25) is 9.59 Å². The molecule has 0 unspecified atom stereocenters. The lowest BCUT2D eigenvalue weighted by atomic mass is 9.83. The number of fused-ring (bicyclic) bond motifs is 2. The molecule has 0 saturated carbocycles. The van der Waals surface area contributed by atoms with Gasteiger partial charge in [-0.15, -0.1) is 0 Å². The average Bonchev–Trinajstić information content (AvgIpc) is 3.07. The molecule has 6 aromatic carbocycles. The van der Waals surface area contributed by atoms with E-state index >= 15 is 0 Å². The Bertz CT molecular complexity index is 1850. The first-order valence-corrected chi connectivity index (χ1v) is 15.5. The Hall–Kier alpha value is -5.74. The van der Waals surface area contributed by atoms with Gasteiger partial charge in [-0.2, -0.15) is 0 Å². The molecule has 0 amide bonds. The number of carbonyl (C=O) groups excluding carboxylic acids is 2. The van der Waals surface area contributed by atoms with Crippen molar-refractivity contribution in [3.63, 3.8) is 0 Å². The van der Waals surface area contributed by atoms with Crippen LogP contribution >= 0.6 is 0 Å². The summed E-state index contributed by atoms with van der Waals surface area (Å²) in [5, 5.41) is 0. The van der Waals surface area contributed by atoms with Crippen LogP contribution in [0.4, 0.5) is 34.1 Å². The monoisotopic (exact) mass is 598 g/mol. The summed E-state index contributed by atoms with van der Waals surface area (Å²) in [7, 11) is 0. The van der Waals surface area contributed by atoms with Crippen LogP contribution in [0.5, 0.6) is 0 Å². The Morgan fingerprint density at radius 3 is 0.804 bits per heavy atom. The zero-order valence-electron chi connectivity index (χ0n) is 26.4. The first kappa shape index (κ1) is 29.0. The summed E-state index contributed by atoms with van der Waals surface area (Å²) in [5.74, 6) is -0.300. The van der Waals surface area contributed by atoms with Crippen molar-refractivity contribution in [2.45, 2.75) is 27.7 Å². The number of ketones is 2. The van der Waals surface area contributed by atoms with Gasteiger partial charge >= 0.3 is 0 Å². The minimum absolute atomic E-state index is 0.150. The van der Waals surface area contributed by atoms with E-state index in [1.807, 2.05) is 24.3 Å². The molecule has 0 saturated heterocycles. The van der Waals surface area contributed by atoms with Crippen LogP contribution in [0.2, 0.25) is 0 Å². The van der Waals surface area contributed by atoms with Gasteiger partial charge in [0.25, 0.3) is 0 Å². The summed E-state index contributed by atoms with van der Waals surface area (Å²) in [4.78, 5) is 32.4. The van der Waals surface area contributed by atoms with Gasteiger partial charge in [0.2, 0.25) is 0 Å². The van der Waals surface area contributed by atoms with Crippen LogP contribution in [0.3, 0.4) is 0 Å². The number of carbonyl (C=O) groups is 2. The molecule has 0 spiro atoms. The summed E-state index contributed by atoms with van der Waals surface area (Å²) >= 11 is 0. The second-order valence-electron chi connectivity index (χ2n) is 12.1. The van der Waals surface area contributed by atoms with Crippen LogP contribution in [-0.2, 0) is 0 Å². The van der Waals surface area contributed by atoms with Gasteiger partial charge in [0.05, 0.1) is 0 Å². The maximum absolute atomic E-state index is 14.1. The fraction of sp³-hybridized carbons (Fsp3) is 0.0952. The van der Waals surface area contributed by atoms with Crippen molar-refractivity contribution in [3.05, 3.63) is 178 Å². The van der Waals surface area contributed by atoms with Crippen molar-refractivity contribution in [1.29, 1.82) is 0 Å².